The quantitative estimate of drug-likeness (QED) is 0.683. The molecule has 1 nitrogen and oxygen atoms in total. The van der Waals surface area contributed by atoms with Crippen LogP contribution in [0.25, 0.3) is 0 Å². The van der Waals surface area contributed by atoms with E-state index in [-0.39, 0.29) is 0 Å². The van der Waals surface area contributed by atoms with Crippen LogP contribution in [0.2, 0.25) is 0 Å². The summed E-state index contributed by atoms with van der Waals surface area (Å²) in [6, 6.07) is 2.23. The van der Waals surface area contributed by atoms with Gasteiger partial charge >= 0.3 is 0 Å². The lowest BCUT2D eigenvalue weighted by Gasteiger charge is -2.12. The van der Waals surface area contributed by atoms with Gasteiger partial charge in [0.1, 0.15) is 0 Å². The molecule has 0 aliphatic heterocycles. The fourth-order valence-corrected chi connectivity index (χ4v) is 2.85. The van der Waals surface area contributed by atoms with Crippen molar-refractivity contribution in [2.75, 3.05) is 13.1 Å². The van der Waals surface area contributed by atoms with Gasteiger partial charge in [0, 0.05) is 4.88 Å². The molecule has 1 atom stereocenters. The first-order chi connectivity index (χ1) is 8.09. The van der Waals surface area contributed by atoms with Crippen molar-refractivity contribution in [2.45, 2.75) is 47.0 Å². The van der Waals surface area contributed by atoms with E-state index in [4.69, 9.17) is 0 Å². The minimum absolute atomic E-state index is 0.763. The van der Waals surface area contributed by atoms with Gasteiger partial charge in [-0.1, -0.05) is 20.8 Å². The molecule has 0 radical (unpaired) electrons. The second kappa shape index (κ2) is 7.88. The van der Waals surface area contributed by atoms with Gasteiger partial charge in [0.15, 0.2) is 0 Å². The molecule has 0 aromatic carbocycles. The highest BCUT2D eigenvalue weighted by molar-refractivity contribution is 7.10. The van der Waals surface area contributed by atoms with Crippen LogP contribution >= 0.6 is 11.3 Å². The standard InChI is InChI=1S/C15H27NS/c1-12(2)11-16-9-7-13(3)5-6-15-14(4)8-10-17-15/h8,10,12-13,16H,5-7,9,11H2,1-4H3. The Morgan fingerprint density at radius 1 is 1.24 bits per heavy atom. The van der Waals surface area contributed by atoms with Gasteiger partial charge in [-0.2, -0.15) is 0 Å². The van der Waals surface area contributed by atoms with Gasteiger partial charge in [-0.3, -0.25) is 0 Å². The number of rotatable bonds is 8. The molecule has 0 spiro atoms. The summed E-state index contributed by atoms with van der Waals surface area (Å²) >= 11 is 1.91. The smallest absolute Gasteiger partial charge is 0.00745 e. The lowest BCUT2D eigenvalue weighted by Crippen LogP contribution is -2.22. The summed E-state index contributed by atoms with van der Waals surface area (Å²) in [7, 11) is 0. The molecule has 1 unspecified atom stereocenters. The highest BCUT2D eigenvalue weighted by Gasteiger charge is 2.05. The summed E-state index contributed by atoms with van der Waals surface area (Å²) in [5.74, 6) is 1.59. The van der Waals surface area contributed by atoms with Crippen molar-refractivity contribution in [1.82, 2.24) is 5.32 Å². The van der Waals surface area contributed by atoms with Crippen molar-refractivity contribution in [1.29, 1.82) is 0 Å². The van der Waals surface area contributed by atoms with E-state index in [9.17, 15) is 0 Å². The first-order valence-corrected chi connectivity index (χ1v) is 7.71. The molecule has 1 heterocycles. The van der Waals surface area contributed by atoms with Crippen LogP contribution in [0.4, 0.5) is 0 Å². The number of hydrogen-bond acceptors (Lipinski definition) is 2. The Morgan fingerprint density at radius 2 is 2.00 bits per heavy atom. The molecule has 1 aromatic heterocycles. The monoisotopic (exact) mass is 253 g/mol. The maximum absolute atomic E-state index is 3.52. The zero-order chi connectivity index (χ0) is 12.7. The molecule has 0 amide bonds. The minimum atomic E-state index is 0.763. The Bertz CT molecular complexity index is 304. The minimum Gasteiger partial charge on any atom is -0.316 e. The van der Waals surface area contributed by atoms with Crippen LogP contribution in [-0.4, -0.2) is 13.1 Å². The summed E-state index contributed by atoms with van der Waals surface area (Å²) in [4.78, 5) is 1.58. The van der Waals surface area contributed by atoms with E-state index in [2.05, 4.69) is 44.5 Å². The van der Waals surface area contributed by atoms with Crippen LogP contribution in [-0.2, 0) is 6.42 Å². The first-order valence-electron chi connectivity index (χ1n) is 6.83. The molecule has 1 rings (SSSR count). The molecule has 2 heteroatoms. The van der Waals surface area contributed by atoms with Crippen LogP contribution in [0.15, 0.2) is 11.4 Å². The van der Waals surface area contributed by atoms with Crippen molar-refractivity contribution in [3.8, 4) is 0 Å². The van der Waals surface area contributed by atoms with E-state index in [0.29, 0.717) is 0 Å². The highest BCUT2D eigenvalue weighted by Crippen LogP contribution is 2.20. The molecule has 98 valence electrons. The van der Waals surface area contributed by atoms with Crippen LogP contribution in [0.1, 0.15) is 44.1 Å². The largest absolute Gasteiger partial charge is 0.316 e. The molecule has 0 saturated carbocycles. The fraction of sp³-hybridized carbons (Fsp3) is 0.733. The molecule has 0 aliphatic rings. The average molecular weight is 253 g/mol. The lowest BCUT2D eigenvalue weighted by molar-refractivity contribution is 0.454. The summed E-state index contributed by atoms with van der Waals surface area (Å²) < 4.78 is 0. The highest BCUT2D eigenvalue weighted by atomic mass is 32.1. The summed E-state index contributed by atoms with van der Waals surface area (Å²) in [5.41, 5.74) is 1.47. The second-order valence-corrected chi connectivity index (χ2v) is 6.56. The van der Waals surface area contributed by atoms with Crippen LogP contribution < -0.4 is 5.32 Å². The second-order valence-electron chi connectivity index (χ2n) is 5.56. The van der Waals surface area contributed by atoms with Gasteiger partial charge in [-0.15, -0.1) is 11.3 Å². The molecule has 1 aromatic rings. The summed E-state index contributed by atoms with van der Waals surface area (Å²) in [6.07, 6.45) is 3.89. The number of thiophene rings is 1. The fourth-order valence-electron chi connectivity index (χ4n) is 1.92. The Hall–Kier alpha value is -0.340. The van der Waals surface area contributed by atoms with Crippen molar-refractivity contribution in [3.63, 3.8) is 0 Å². The Morgan fingerprint density at radius 3 is 2.59 bits per heavy atom. The van der Waals surface area contributed by atoms with Crippen LogP contribution in [0.5, 0.6) is 0 Å². The maximum Gasteiger partial charge on any atom is 0.00745 e. The third-order valence-electron chi connectivity index (χ3n) is 3.20. The Balaban J connectivity index is 2.09. The van der Waals surface area contributed by atoms with Gasteiger partial charge < -0.3 is 5.32 Å². The molecular weight excluding hydrogens is 226 g/mol. The average Bonchev–Trinajstić information content (AvgIpc) is 2.67. The van der Waals surface area contributed by atoms with Gasteiger partial charge in [-0.25, -0.2) is 0 Å². The maximum atomic E-state index is 3.52. The lowest BCUT2D eigenvalue weighted by atomic mass is 10.0. The van der Waals surface area contributed by atoms with E-state index >= 15 is 0 Å². The Kier molecular flexibility index (Phi) is 6.83. The van der Waals surface area contributed by atoms with Crippen LogP contribution in [0.3, 0.4) is 0 Å². The zero-order valence-electron chi connectivity index (χ0n) is 11.8. The molecule has 0 aliphatic carbocycles. The predicted molar refractivity (Wildman–Crippen MR) is 78.9 cm³/mol. The molecule has 0 fully saturated rings. The van der Waals surface area contributed by atoms with E-state index in [1.54, 1.807) is 4.88 Å². The zero-order valence-corrected chi connectivity index (χ0v) is 12.6. The molecule has 0 bridgehead atoms. The van der Waals surface area contributed by atoms with Crippen LogP contribution in [0, 0.1) is 18.8 Å². The summed E-state index contributed by atoms with van der Waals surface area (Å²) in [5, 5.41) is 5.73. The topological polar surface area (TPSA) is 12.0 Å². The van der Waals surface area contributed by atoms with Gasteiger partial charge in [0.2, 0.25) is 0 Å². The third-order valence-corrected chi connectivity index (χ3v) is 4.28. The molecule has 1 N–H and O–H groups in total. The van der Waals surface area contributed by atoms with Crippen molar-refractivity contribution in [2.24, 2.45) is 11.8 Å². The first kappa shape index (κ1) is 14.7. The van der Waals surface area contributed by atoms with E-state index < -0.39 is 0 Å². The number of nitrogens with one attached hydrogen (secondary N) is 1. The number of hydrogen-bond donors (Lipinski definition) is 1. The van der Waals surface area contributed by atoms with E-state index in [0.717, 1.165) is 18.4 Å². The van der Waals surface area contributed by atoms with Crippen molar-refractivity contribution in [3.05, 3.63) is 21.9 Å². The van der Waals surface area contributed by atoms with Gasteiger partial charge in [0.25, 0.3) is 0 Å². The SMILES string of the molecule is Cc1ccsc1CCC(C)CCNCC(C)C. The number of aryl methyl sites for hydroxylation is 2. The van der Waals surface area contributed by atoms with Crippen molar-refractivity contribution >= 4 is 11.3 Å². The van der Waals surface area contributed by atoms with Gasteiger partial charge in [0.05, 0.1) is 0 Å². The molecule has 17 heavy (non-hydrogen) atoms. The predicted octanol–water partition coefficient (Wildman–Crippen LogP) is 4.26. The van der Waals surface area contributed by atoms with E-state index in [1.165, 1.54) is 31.4 Å². The molecular formula is C15H27NS. The summed E-state index contributed by atoms with van der Waals surface area (Å²) in [6.45, 7) is 11.4. The van der Waals surface area contributed by atoms with E-state index in [1.807, 2.05) is 11.3 Å². The Labute approximate surface area is 111 Å². The van der Waals surface area contributed by atoms with Gasteiger partial charge in [-0.05, 0) is 68.1 Å². The van der Waals surface area contributed by atoms with Crippen molar-refractivity contribution < 1.29 is 0 Å². The third kappa shape index (κ3) is 6.23. The molecule has 0 saturated heterocycles. The normalized spacial score (nSPS) is 13.2.